The first kappa shape index (κ1) is 9.22. The predicted molar refractivity (Wildman–Crippen MR) is 58.1 cm³/mol. The van der Waals surface area contributed by atoms with E-state index in [0.29, 0.717) is 6.04 Å². The van der Waals surface area contributed by atoms with Gasteiger partial charge < -0.3 is 5.32 Å². The maximum Gasteiger partial charge on any atom is 0.0443 e. The van der Waals surface area contributed by atoms with Crippen molar-refractivity contribution in [2.45, 2.75) is 26.3 Å². The summed E-state index contributed by atoms with van der Waals surface area (Å²) in [5.74, 6) is 1.79. The van der Waals surface area contributed by atoms with Gasteiger partial charge in [0.1, 0.15) is 0 Å². The van der Waals surface area contributed by atoms with Crippen LogP contribution in [0.25, 0.3) is 0 Å². The molecule has 1 aromatic heterocycles. The zero-order chi connectivity index (χ0) is 9.42. The Labute approximate surface area is 84.2 Å². The van der Waals surface area contributed by atoms with Crippen LogP contribution in [0.15, 0.2) is 12.1 Å². The highest BCUT2D eigenvalue weighted by Crippen LogP contribution is 2.47. The topological polar surface area (TPSA) is 12.0 Å². The summed E-state index contributed by atoms with van der Waals surface area (Å²) in [6, 6.07) is 5.09. The molecule has 1 fully saturated rings. The van der Waals surface area contributed by atoms with Crippen LogP contribution < -0.4 is 5.32 Å². The molecule has 0 saturated heterocycles. The molecule has 0 radical (unpaired) electrons. The molecule has 3 atom stereocenters. The van der Waals surface area contributed by atoms with E-state index in [1.165, 1.54) is 16.2 Å². The molecule has 3 unspecified atom stereocenters. The van der Waals surface area contributed by atoms with Crippen molar-refractivity contribution in [3.05, 3.63) is 21.9 Å². The van der Waals surface area contributed by atoms with Crippen LogP contribution in [0, 0.1) is 18.8 Å². The standard InChI is InChI=1S/C11H17NS/c1-7-6-9(7)11(12-3)10-5-4-8(2)13-10/h4-5,7,9,11-12H,6H2,1-3H3. The molecular formula is C11H17NS. The van der Waals surface area contributed by atoms with Gasteiger partial charge in [0.25, 0.3) is 0 Å². The van der Waals surface area contributed by atoms with Gasteiger partial charge in [-0.05, 0) is 44.4 Å². The zero-order valence-corrected chi connectivity index (χ0v) is 9.32. The molecule has 0 aromatic carbocycles. The smallest absolute Gasteiger partial charge is 0.0443 e. The second kappa shape index (κ2) is 3.43. The van der Waals surface area contributed by atoms with E-state index in [0.717, 1.165) is 11.8 Å². The number of nitrogens with one attached hydrogen (secondary N) is 1. The van der Waals surface area contributed by atoms with Crippen molar-refractivity contribution in [1.29, 1.82) is 0 Å². The normalized spacial score (nSPS) is 28.8. The van der Waals surface area contributed by atoms with E-state index in [-0.39, 0.29) is 0 Å². The Morgan fingerprint density at radius 2 is 2.23 bits per heavy atom. The van der Waals surface area contributed by atoms with Gasteiger partial charge in [0.05, 0.1) is 0 Å². The van der Waals surface area contributed by atoms with Crippen LogP contribution in [-0.2, 0) is 0 Å². The minimum absolute atomic E-state index is 0.605. The molecule has 2 heteroatoms. The fourth-order valence-electron chi connectivity index (χ4n) is 2.00. The molecule has 1 nitrogen and oxygen atoms in total. The molecule has 0 bridgehead atoms. The summed E-state index contributed by atoms with van der Waals surface area (Å²) in [5, 5.41) is 3.43. The number of aryl methyl sites for hydroxylation is 1. The third kappa shape index (κ3) is 1.79. The molecule has 1 N–H and O–H groups in total. The van der Waals surface area contributed by atoms with Crippen LogP contribution in [0.1, 0.15) is 29.1 Å². The fourth-order valence-corrected chi connectivity index (χ4v) is 3.07. The highest BCUT2D eigenvalue weighted by Gasteiger charge is 2.39. The van der Waals surface area contributed by atoms with Crippen molar-refractivity contribution in [3.8, 4) is 0 Å². The van der Waals surface area contributed by atoms with E-state index in [9.17, 15) is 0 Å². The lowest BCUT2D eigenvalue weighted by atomic mass is 10.1. The van der Waals surface area contributed by atoms with E-state index in [4.69, 9.17) is 0 Å². The van der Waals surface area contributed by atoms with Crippen molar-refractivity contribution in [2.24, 2.45) is 11.8 Å². The summed E-state index contributed by atoms with van der Waals surface area (Å²) in [5.41, 5.74) is 0. The van der Waals surface area contributed by atoms with Gasteiger partial charge in [-0.2, -0.15) is 0 Å². The van der Waals surface area contributed by atoms with Gasteiger partial charge in [0.15, 0.2) is 0 Å². The molecule has 1 aliphatic carbocycles. The number of hydrogen-bond donors (Lipinski definition) is 1. The van der Waals surface area contributed by atoms with Crippen molar-refractivity contribution >= 4 is 11.3 Å². The van der Waals surface area contributed by atoms with Crippen LogP contribution in [-0.4, -0.2) is 7.05 Å². The first-order valence-electron chi connectivity index (χ1n) is 4.96. The van der Waals surface area contributed by atoms with Gasteiger partial charge in [-0.25, -0.2) is 0 Å². The molecule has 0 amide bonds. The Morgan fingerprint density at radius 1 is 1.54 bits per heavy atom. The molecule has 13 heavy (non-hydrogen) atoms. The Bertz CT molecular complexity index is 292. The van der Waals surface area contributed by atoms with Gasteiger partial charge in [-0.1, -0.05) is 6.92 Å². The average Bonchev–Trinajstić information content (AvgIpc) is 2.62. The summed E-state index contributed by atoms with van der Waals surface area (Å²) in [6.45, 7) is 4.52. The van der Waals surface area contributed by atoms with Crippen molar-refractivity contribution in [2.75, 3.05) is 7.05 Å². The van der Waals surface area contributed by atoms with E-state index in [1.54, 1.807) is 0 Å². The quantitative estimate of drug-likeness (QED) is 0.782. The Balaban J connectivity index is 2.13. The minimum atomic E-state index is 0.605. The van der Waals surface area contributed by atoms with Gasteiger partial charge >= 0.3 is 0 Å². The highest BCUT2D eigenvalue weighted by molar-refractivity contribution is 7.12. The molecule has 1 heterocycles. The second-order valence-corrected chi connectivity index (χ2v) is 5.41. The van der Waals surface area contributed by atoms with Crippen LogP contribution in [0.4, 0.5) is 0 Å². The zero-order valence-electron chi connectivity index (χ0n) is 8.50. The maximum absolute atomic E-state index is 3.43. The maximum atomic E-state index is 3.43. The fraction of sp³-hybridized carbons (Fsp3) is 0.636. The summed E-state index contributed by atoms with van der Waals surface area (Å²) >= 11 is 1.93. The predicted octanol–water partition coefficient (Wildman–Crippen LogP) is 2.97. The highest BCUT2D eigenvalue weighted by atomic mass is 32.1. The first-order valence-corrected chi connectivity index (χ1v) is 5.77. The van der Waals surface area contributed by atoms with Gasteiger partial charge in [0.2, 0.25) is 0 Å². The Kier molecular flexibility index (Phi) is 2.43. The van der Waals surface area contributed by atoms with Gasteiger partial charge in [0, 0.05) is 15.8 Å². The molecule has 1 saturated carbocycles. The summed E-state index contributed by atoms with van der Waals surface area (Å²) in [7, 11) is 2.07. The lowest BCUT2D eigenvalue weighted by Gasteiger charge is -2.13. The van der Waals surface area contributed by atoms with E-state index >= 15 is 0 Å². The Hall–Kier alpha value is -0.340. The van der Waals surface area contributed by atoms with Crippen molar-refractivity contribution in [1.82, 2.24) is 5.32 Å². The van der Waals surface area contributed by atoms with Crippen LogP contribution in [0.3, 0.4) is 0 Å². The molecule has 1 aliphatic rings. The minimum Gasteiger partial charge on any atom is -0.312 e. The SMILES string of the molecule is CNC(c1ccc(C)s1)C1CC1C. The van der Waals surface area contributed by atoms with E-state index in [2.05, 4.69) is 38.3 Å². The molecular weight excluding hydrogens is 178 g/mol. The van der Waals surface area contributed by atoms with E-state index in [1.807, 2.05) is 11.3 Å². The van der Waals surface area contributed by atoms with Crippen molar-refractivity contribution < 1.29 is 0 Å². The summed E-state index contributed by atoms with van der Waals surface area (Å²) < 4.78 is 0. The van der Waals surface area contributed by atoms with Gasteiger partial charge in [-0.3, -0.25) is 0 Å². The largest absolute Gasteiger partial charge is 0.312 e. The van der Waals surface area contributed by atoms with Crippen LogP contribution in [0.2, 0.25) is 0 Å². The van der Waals surface area contributed by atoms with Crippen LogP contribution >= 0.6 is 11.3 Å². The Morgan fingerprint density at radius 3 is 2.62 bits per heavy atom. The number of rotatable bonds is 3. The third-order valence-electron chi connectivity index (χ3n) is 2.98. The lowest BCUT2D eigenvalue weighted by Crippen LogP contribution is -2.17. The van der Waals surface area contributed by atoms with E-state index < -0.39 is 0 Å². The molecule has 72 valence electrons. The molecule has 1 aromatic rings. The number of thiophene rings is 1. The van der Waals surface area contributed by atoms with Crippen molar-refractivity contribution in [3.63, 3.8) is 0 Å². The van der Waals surface area contributed by atoms with Gasteiger partial charge in [-0.15, -0.1) is 11.3 Å². The molecule has 0 spiro atoms. The summed E-state index contributed by atoms with van der Waals surface area (Å²) in [6.07, 6.45) is 1.39. The number of hydrogen-bond acceptors (Lipinski definition) is 2. The third-order valence-corrected chi connectivity index (χ3v) is 4.06. The average molecular weight is 195 g/mol. The second-order valence-electron chi connectivity index (χ2n) is 4.09. The molecule has 2 rings (SSSR count). The lowest BCUT2D eigenvalue weighted by molar-refractivity contribution is 0.512. The summed E-state index contributed by atoms with van der Waals surface area (Å²) in [4.78, 5) is 2.93. The monoisotopic (exact) mass is 195 g/mol. The first-order chi connectivity index (χ1) is 6.22. The molecule has 0 aliphatic heterocycles. The van der Waals surface area contributed by atoms with Crippen LogP contribution in [0.5, 0.6) is 0 Å².